The highest BCUT2D eigenvalue weighted by Crippen LogP contribution is 2.26. The highest BCUT2D eigenvalue weighted by molar-refractivity contribution is 5.17. The molecule has 2 atom stereocenters. The lowest BCUT2D eigenvalue weighted by molar-refractivity contribution is 0.236. The molecule has 1 aromatic rings. The van der Waals surface area contributed by atoms with Crippen molar-refractivity contribution in [2.75, 3.05) is 13.6 Å². The molecule has 0 radical (unpaired) electrons. The summed E-state index contributed by atoms with van der Waals surface area (Å²) in [7, 11) is 2.22. The van der Waals surface area contributed by atoms with E-state index in [1.165, 1.54) is 30.5 Å². The number of likely N-dealkylation sites (N-methyl/N-ethyl adjacent to an activating group) is 1. The fourth-order valence-electron chi connectivity index (χ4n) is 2.40. The molecule has 2 unspecified atom stereocenters. The van der Waals surface area contributed by atoms with Crippen molar-refractivity contribution in [2.24, 2.45) is 0 Å². The largest absolute Gasteiger partial charge is 0.312 e. The molecule has 2 rings (SSSR count). The summed E-state index contributed by atoms with van der Waals surface area (Å²) in [4.78, 5) is 2.47. The maximum atomic E-state index is 12.8. The number of rotatable bonds is 7. The van der Waals surface area contributed by atoms with E-state index in [1.54, 1.807) is 0 Å². The Morgan fingerprint density at radius 1 is 1.26 bits per heavy atom. The molecule has 106 valence electrons. The second-order valence-electron chi connectivity index (χ2n) is 5.89. The van der Waals surface area contributed by atoms with Gasteiger partial charge in [-0.25, -0.2) is 4.39 Å². The Bertz CT molecular complexity index is 386. The van der Waals surface area contributed by atoms with E-state index in [-0.39, 0.29) is 5.82 Å². The molecule has 2 nitrogen and oxygen atoms in total. The van der Waals surface area contributed by atoms with Crippen molar-refractivity contribution in [1.82, 2.24) is 10.2 Å². The van der Waals surface area contributed by atoms with Crippen LogP contribution in [0.4, 0.5) is 4.39 Å². The Morgan fingerprint density at radius 3 is 2.47 bits per heavy atom. The summed E-state index contributed by atoms with van der Waals surface area (Å²) in [5, 5.41) is 3.57. The first kappa shape index (κ1) is 14.5. The normalized spacial score (nSPS) is 18.6. The molecule has 3 heteroatoms. The Kier molecular flexibility index (Phi) is 4.94. The highest BCUT2D eigenvalue weighted by atomic mass is 19.1. The molecule has 0 bridgehead atoms. The summed E-state index contributed by atoms with van der Waals surface area (Å²) >= 11 is 0. The van der Waals surface area contributed by atoms with Gasteiger partial charge in [0.15, 0.2) is 0 Å². The van der Waals surface area contributed by atoms with Crippen LogP contribution in [0.5, 0.6) is 0 Å². The van der Waals surface area contributed by atoms with Crippen LogP contribution in [-0.2, 0) is 6.42 Å². The van der Waals surface area contributed by atoms with E-state index in [1.807, 2.05) is 12.1 Å². The Morgan fingerprint density at radius 2 is 1.89 bits per heavy atom. The topological polar surface area (TPSA) is 15.3 Å². The summed E-state index contributed by atoms with van der Waals surface area (Å²) < 4.78 is 12.8. The first-order valence-corrected chi connectivity index (χ1v) is 7.26. The van der Waals surface area contributed by atoms with Gasteiger partial charge in [-0.2, -0.15) is 0 Å². The van der Waals surface area contributed by atoms with Gasteiger partial charge in [-0.05, 0) is 57.9 Å². The van der Waals surface area contributed by atoms with E-state index < -0.39 is 0 Å². The van der Waals surface area contributed by atoms with Crippen LogP contribution in [0.2, 0.25) is 0 Å². The first-order valence-electron chi connectivity index (χ1n) is 7.26. The van der Waals surface area contributed by atoms with Crippen LogP contribution in [0, 0.1) is 5.82 Å². The monoisotopic (exact) mass is 264 g/mol. The first-order chi connectivity index (χ1) is 9.06. The molecule has 0 aromatic heterocycles. The van der Waals surface area contributed by atoms with Crippen molar-refractivity contribution in [1.29, 1.82) is 0 Å². The van der Waals surface area contributed by atoms with Gasteiger partial charge in [-0.1, -0.05) is 12.1 Å². The predicted octanol–water partition coefficient (Wildman–Crippen LogP) is 2.83. The van der Waals surface area contributed by atoms with Gasteiger partial charge < -0.3 is 5.32 Å². The molecule has 0 spiro atoms. The van der Waals surface area contributed by atoms with Crippen molar-refractivity contribution in [3.63, 3.8) is 0 Å². The summed E-state index contributed by atoms with van der Waals surface area (Å²) in [6.07, 6.45) is 3.65. The number of halogens is 1. The summed E-state index contributed by atoms with van der Waals surface area (Å²) in [6, 6.07) is 8.60. The molecular formula is C16H25FN2. The summed E-state index contributed by atoms with van der Waals surface area (Å²) in [5.41, 5.74) is 1.18. The van der Waals surface area contributed by atoms with E-state index in [0.29, 0.717) is 12.1 Å². The molecule has 0 aliphatic heterocycles. The molecule has 0 saturated heterocycles. The minimum atomic E-state index is -0.163. The predicted molar refractivity (Wildman–Crippen MR) is 77.8 cm³/mol. The van der Waals surface area contributed by atoms with E-state index in [9.17, 15) is 4.39 Å². The van der Waals surface area contributed by atoms with Gasteiger partial charge >= 0.3 is 0 Å². The molecule has 19 heavy (non-hydrogen) atoms. The summed E-state index contributed by atoms with van der Waals surface area (Å²) in [5.74, 6) is -0.163. The van der Waals surface area contributed by atoms with Gasteiger partial charge in [0, 0.05) is 24.7 Å². The zero-order valence-corrected chi connectivity index (χ0v) is 12.2. The van der Waals surface area contributed by atoms with Gasteiger partial charge in [0.2, 0.25) is 0 Å². The average molecular weight is 264 g/mol. The number of benzene rings is 1. The van der Waals surface area contributed by atoms with Crippen molar-refractivity contribution < 1.29 is 4.39 Å². The van der Waals surface area contributed by atoms with Crippen LogP contribution >= 0.6 is 0 Å². The molecule has 0 heterocycles. The third-order valence-corrected chi connectivity index (χ3v) is 4.03. The van der Waals surface area contributed by atoms with E-state index >= 15 is 0 Å². The summed E-state index contributed by atoms with van der Waals surface area (Å²) in [6.45, 7) is 5.47. The van der Waals surface area contributed by atoms with Crippen LogP contribution in [0.3, 0.4) is 0 Å². The Balaban J connectivity index is 1.71. The molecule has 1 aromatic carbocycles. The van der Waals surface area contributed by atoms with Gasteiger partial charge in [-0.3, -0.25) is 4.90 Å². The minimum Gasteiger partial charge on any atom is -0.312 e. The molecule has 1 saturated carbocycles. The lowest BCUT2D eigenvalue weighted by Gasteiger charge is -2.26. The molecular weight excluding hydrogens is 239 g/mol. The molecule has 1 N–H and O–H groups in total. The van der Waals surface area contributed by atoms with Crippen LogP contribution in [-0.4, -0.2) is 36.6 Å². The van der Waals surface area contributed by atoms with E-state index in [0.717, 1.165) is 19.0 Å². The van der Waals surface area contributed by atoms with Crippen molar-refractivity contribution in [3.05, 3.63) is 35.6 Å². The molecule has 1 fully saturated rings. The van der Waals surface area contributed by atoms with E-state index in [2.05, 4.69) is 31.1 Å². The molecule has 0 amide bonds. The van der Waals surface area contributed by atoms with E-state index in [4.69, 9.17) is 0 Å². The van der Waals surface area contributed by atoms with Crippen molar-refractivity contribution in [2.45, 2.75) is 51.2 Å². The third kappa shape index (κ3) is 4.59. The molecule has 1 aliphatic carbocycles. The number of hydrogen-bond acceptors (Lipinski definition) is 2. The SMILES string of the molecule is CC(Cc1ccc(F)cc1)NCC(C)N(C)C1CC1. The van der Waals surface area contributed by atoms with Gasteiger partial charge in [0.25, 0.3) is 0 Å². The Hall–Kier alpha value is -0.930. The fraction of sp³-hybridized carbons (Fsp3) is 0.625. The lowest BCUT2D eigenvalue weighted by atomic mass is 10.1. The van der Waals surface area contributed by atoms with Crippen LogP contribution in [0.25, 0.3) is 0 Å². The fourth-order valence-corrected chi connectivity index (χ4v) is 2.40. The van der Waals surface area contributed by atoms with Crippen LogP contribution in [0.15, 0.2) is 24.3 Å². The number of hydrogen-bond donors (Lipinski definition) is 1. The van der Waals surface area contributed by atoms with Crippen LogP contribution < -0.4 is 5.32 Å². The zero-order valence-electron chi connectivity index (χ0n) is 12.2. The quantitative estimate of drug-likeness (QED) is 0.814. The minimum absolute atomic E-state index is 0.163. The highest BCUT2D eigenvalue weighted by Gasteiger charge is 2.28. The smallest absolute Gasteiger partial charge is 0.123 e. The second-order valence-corrected chi connectivity index (χ2v) is 5.89. The molecule has 1 aliphatic rings. The Labute approximate surface area is 116 Å². The number of nitrogens with one attached hydrogen (secondary N) is 1. The average Bonchev–Trinajstić information content (AvgIpc) is 3.22. The third-order valence-electron chi connectivity index (χ3n) is 4.03. The van der Waals surface area contributed by atoms with Crippen molar-refractivity contribution >= 4 is 0 Å². The van der Waals surface area contributed by atoms with Crippen LogP contribution in [0.1, 0.15) is 32.3 Å². The van der Waals surface area contributed by atoms with Gasteiger partial charge in [0.05, 0.1) is 0 Å². The van der Waals surface area contributed by atoms with Crippen molar-refractivity contribution in [3.8, 4) is 0 Å². The maximum absolute atomic E-state index is 12.8. The van der Waals surface area contributed by atoms with Gasteiger partial charge in [-0.15, -0.1) is 0 Å². The lowest BCUT2D eigenvalue weighted by Crippen LogP contribution is -2.42. The number of nitrogens with zero attached hydrogens (tertiary/aromatic N) is 1. The van der Waals surface area contributed by atoms with Gasteiger partial charge in [0.1, 0.15) is 5.82 Å². The second kappa shape index (κ2) is 6.49. The maximum Gasteiger partial charge on any atom is 0.123 e. The zero-order chi connectivity index (χ0) is 13.8. The standard InChI is InChI=1S/C16H25FN2/c1-12(10-14-4-6-15(17)7-5-14)18-11-13(2)19(3)16-8-9-16/h4-7,12-13,16,18H,8-11H2,1-3H3.